The first-order valence-electron chi connectivity index (χ1n) is 8.51. The quantitative estimate of drug-likeness (QED) is 0.490. The molecular weight excluding hydrogens is 344 g/mol. The summed E-state index contributed by atoms with van der Waals surface area (Å²) in [4.78, 5) is 12.9. The normalized spacial score (nSPS) is 12.9. The Bertz CT molecular complexity index is 1310. The van der Waals surface area contributed by atoms with Gasteiger partial charge in [-0.3, -0.25) is 0 Å². The highest BCUT2D eigenvalue weighted by Crippen LogP contribution is 2.33. The van der Waals surface area contributed by atoms with Crippen molar-refractivity contribution < 1.29 is 18.5 Å². The molecule has 0 atom stereocenters. The fourth-order valence-electron chi connectivity index (χ4n) is 3.37. The predicted octanol–water partition coefficient (Wildman–Crippen LogP) is 3.38. The molecule has 7 heteroatoms. The van der Waals surface area contributed by atoms with Gasteiger partial charge < -0.3 is 13.9 Å². The number of ether oxygens (including phenoxy) is 2. The Morgan fingerprint density at radius 3 is 2.59 bits per heavy atom. The van der Waals surface area contributed by atoms with Crippen LogP contribution in [0.1, 0.15) is 0 Å². The lowest BCUT2D eigenvalue weighted by molar-refractivity contribution is -0.557. The third kappa shape index (κ3) is 2.11. The first-order valence-corrected chi connectivity index (χ1v) is 8.51. The Balaban J connectivity index is 1.70. The third-order valence-corrected chi connectivity index (χ3v) is 4.59. The highest BCUT2D eigenvalue weighted by Gasteiger charge is 2.27. The van der Waals surface area contributed by atoms with E-state index in [-0.39, 0.29) is 6.79 Å². The fraction of sp³-hybridized carbons (Fsp3) is 0.0500. The van der Waals surface area contributed by atoms with Crippen LogP contribution in [0.2, 0.25) is 0 Å². The van der Waals surface area contributed by atoms with Crippen molar-refractivity contribution in [2.24, 2.45) is 0 Å². The molecule has 5 aromatic rings. The number of aromatic amines is 1. The maximum atomic E-state index is 5.64. The molecule has 0 saturated heterocycles. The van der Waals surface area contributed by atoms with Gasteiger partial charge in [-0.15, -0.1) is 0 Å². The Labute approximate surface area is 152 Å². The summed E-state index contributed by atoms with van der Waals surface area (Å²) in [6.45, 7) is 0.229. The Hall–Kier alpha value is -3.87. The molecule has 0 amide bonds. The number of furan rings is 1. The highest BCUT2D eigenvalue weighted by atomic mass is 16.7. The maximum Gasteiger partial charge on any atom is 0.328 e. The second kappa shape index (κ2) is 5.31. The smallest absolute Gasteiger partial charge is 0.328 e. The van der Waals surface area contributed by atoms with Gasteiger partial charge in [0, 0.05) is 6.07 Å². The van der Waals surface area contributed by atoms with Gasteiger partial charge in [-0.2, -0.15) is 4.57 Å². The average molecular weight is 357 g/mol. The molecule has 6 rings (SSSR count). The summed E-state index contributed by atoms with van der Waals surface area (Å²) in [6, 6.07) is 17.3. The number of rotatable bonds is 2. The van der Waals surface area contributed by atoms with Crippen LogP contribution in [0.4, 0.5) is 0 Å². The van der Waals surface area contributed by atoms with Crippen LogP contribution in [-0.4, -0.2) is 21.7 Å². The first-order chi connectivity index (χ1) is 13.4. The number of nitrogens with zero attached hydrogens (tertiary/aromatic N) is 3. The number of hydrogen-bond acceptors (Lipinski definition) is 5. The monoisotopic (exact) mass is 357 g/mol. The zero-order valence-corrected chi connectivity index (χ0v) is 14.0. The van der Waals surface area contributed by atoms with Crippen molar-refractivity contribution in [3.8, 4) is 28.8 Å². The van der Waals surface area contributed by atoms with Crippen LogP contribution in [0.5, 0.6) is 11.5 Å². The van der Waals surface area contributed by atoms with Crippen molar-refractivity contribution in [2.45, 2.75) is 0 Å². The Morgan fingerprint density at radius 2 is 1.74 bits per heavy atom. The van der Waals surface area contributed by atoms with Gasteiger partial charge in [0.1, 0.15) is 11.2 Å². The molecule has 0 saturated carbocycles. The van der Waals surface area contributed by atoms with E-state index in [1.807, 2.05) is 59.2 Å². The summed E-state index contributed by atoms with van der Waals surface area (Å²) in [5.41, 5.74) is 3.91. The van der Waals surface area contributed by atoms with E-state index >= 15 is 0 Å². The summed E-state index contributed by atoms with van der Waals surface area (Å²) in [5, 5.41) is 0. The fourth-order valence-corrected chi connectivity index (χ4v) is 3.37. The summed E-state index contributed by atoms with van der Waals surface area (Å²) in [7, 11) is 0. The topological polar surface area (TPSA) is 77.1 Å². The van der Waals surface area contributed by atoms with Gasteiger partial charge >= 0.3 is 5.65 Å². The predicted molar refractivity (Wildman–Crippen MR) is 96.8 cm³/mol. The van der Waals surface area contributed by atoms with E-state index in [2.05, 4.69) is 4.98 Å². The number of aromatic nitrogens is 4. The number of benzene rings is 2. The van der Waals surface area contributed by atoms with Crippen molar-refractivity contribution in [3.05, 3.63) is 60.9 Å². The van der Waals surface area contributed by atoms with Gasteiger partial charge in [-0.25, -0.2) is 9.97 Å². The molecule has 1 aliphatic heterocycles. The van der Waals surface area contributed by atoms with Crippen molar-refractivity contribution in [3.63, 3.8) is 0 Å². The van der Waals surface area contributed by atoms with Crippen LogP contribution in [0, 0.1) is 0 Å². The summed E-state index contributed by atoms with van der Waals surface area (Å²) in [5.74, 6) is 2.88. The van der Waals surface area contributed by atoms with Crippen molar-refractivity contribution in [1.82, 2.24) is 15.0 Å². The van der Waals surface area contributed by atoms with Gasteiger partial charge in [-0.1, -0.05) is 17.1 Å². The maximum absolute atomic E-state index is 5.64. The molecule has 0 spiro atoms. The summed E-state index contributed by atoms with van der Waals surface area (Å²) >= 11 is 0. The molecule has 27 heavy (non-hydrogen) atoms. The second-order valence-electron chi connectivity index (χ2n) is 6.21. The van der Waals surface area contributed by atoms with E-state index in [4.69, 9.17) is 23.9 Å². The molecule has 4 heterocycles. The standard InChI is InChI=1S/C20H12N4O3/c1-2-5-14-13(4-1)21-18-20(22-14)24(19(23-18)16-6-3-9-25-16)12-7-8-15-17(10-12)27-11-26-15/h1-10H,11H2/p+1. The summed E-state index contributed by atoms with van der Waals surface area (Å²) < 4.78 is 18.6. The minimum absolute atomic E-state index is 0.229. The van der Waals surface area contributed by atoms with Gasteiger partial charge in [0.05, 0.1) is 6.26 Å². The first kappa shape index (κ1) is 14.3. The molecule has 0 unspecified atom stereocenters. The van der Waals surface area contributed by atoms with E-state index in [0.29, 0.717) is 22.8 Å². The molecule has 0 bridgehead atoms. The number of fused-ring (bicyclic) bond motifs is 3. The molecule has 0 fully saturated rings. The number of hydrogen-bond donors (Lipinski definition) is 1. The van der Waals surface area contributed by atoms with Crippen LogP contribution in [0.15, 0.2) is 65.3 Å². The average Bonchev–Trinajstić information content (AvgIpc) is 3.43. The van der Waals surface area contributed by atoms with Crippen LogP contribution in [0.3, 0.4) is 0 Å². The zero-order valence-electron chi connectivity index (χ0n) is 14.0. The molecule has 130 valence electrons. The summed E-state index contributed by atoms with van der Waals surface area (Å²) in [6.07, 6.45) is 1.64. The van der Waals surface area contributed by atoms with Crippen LogP contribution in [-0.2, 0) is 0 Å². The molecule has 7 nitrogen and oxygen atoms in total. The van der Waals surface area contributed by atoms with E-state index < -0.39 is 0 Å². The lowest BCUT2D eigenvalue weighted by Crippen LogP contribution is -2.32. The van der Waals surface area contributed by atoms with Gasteiger partial charge in [0.25, 0.3) is 11.5 Å². The molecule has 1 aliphatic rings. The van der Waals surface area contributed by atoms with Gasteiger partial charge in [0.2, 0.25) is 6.79 Å². The van der Waals surface area contributed by atoms with Crippen molar-refractivity contribution >= 4 is 22.3 Å². The van der Waals surface area contributed by atoms with E-state index in [0.717, 1.165) is 28.3 Å². The van der Waals surface area contributed by atoms with Crippen molar-refractivity contribution in [2.75, 3.05) is 6.79 Å². The minimum Gasteiger partial charge on any atom is -0.458 e. The van der Waals surface area contributed by atoms with Crippen molar-refractivity contribution in [1.29, 1.82) is 0 Å². The van der Waals surface area contributed by atoms with Crippen LogP contribution >= 0.6 is 0 Å². The molecule has 0 aliphatic carbocycles. The van der Waals surface area contributed by atoms with Gasteiger partial charge in [-0.05, 0) is 36.4 Å². The Kier molecular flexibility index (Phi) is 2.82. The second-order valence-corrected chi connectivity index (χ2v) is 6.21. The minimum atomic E-state index is 0.229. The number of nitrogens with one attached hydrogen (secondary N) is 1. The van der Waals surface area contributed by atoms with E-state index in [1.165, 1.54) is 0 Å². The molecule has 0 radical (unpaired) electrons. The molecule has 1 N–H and O–H groups in total. The number of para-hydroxylation sites is 2. The molecule has 3 aromatic heterocycles. The number of H-pyrrole nitrogens is 1. The lowest BCUT2D eigenvalue weighted by Gasteiger charge is -2.03. The highest BCUT2D eigenvalue weighted by molar-refractivity contribution is 5.82. The zero-order chi connectivity index (χ0) is 17.8. The van der Waals surface area contributed by atoms with Crippen LogP contribution in [0.25, 0.3) is 39.6 Å². The largest absolute Gasteiger partial charge is 0.458 e. The third-order valence-electron chi connectivity index (χ3n) is 4.59. The molecule has 2 aromatic carbocycles. The van der Waals surface area contributed by atoms with Crippen LogP contribution < -0.4 is 14.0 Å². The van der Waals surface area contributed by atoms with E-state index in [9.17, 15) is 0 Å². The Morgan fingerprint density at radius 1 is 0.889 bits per heavy atom. The molecular formula is C20H13N4O3+. The SMILES string of the molecule is c1coc(-c2[nH]c3nc4ccccc4nc3[n+]2-c2ccc3c(c2)OCO3)c1. The lowest BCUT2D eigenvalue weighted by atomic mass is 10.2. The van der Waals surface area contributed by atoms with E-state index in [1.54, 1.807) is 6.26 Å². The van der Waals surface area contributed by atoms with Gasteiger partial charge in [0.15, 0.2) is 22.8 Å². The number of imidazole rings is 1.